The van der Waals surface area contributed by atoms with Crippen LogP contribution in [0.15, 0.2) is 0 Å². The van der Waals surface area contributed by atoms with Gasteiger partial charge in [0.15, 0.2) is 6.10 Å². The number of carboxylic acid groups (broad SMARTS) is 1. The molecule has 0 aromatic heterocycles. The number of aliphatic carboxylic acids is 1. The zero-order chi connectivity index (χ0) is 12.3. The molecule has 5 heteroatoms. The monoisotopic (exact) mass is 242 g/mol. The first-order chi connectivity index (χ1) is 8.20. The normalized spacial score (nSPS) is 24.8. The molecule has 1 saturated carbocycles. The number of piperazine rings is 1. The zero-order valence-corrected chi connectivity index (χ0v) is 10.5. The van der Waals surface area contributed by atoms with Gasteiger partial charge in [-0.25, -0.2) is 4.79 Å². The van der Waals surface area contributed by atoms with Gasteiger partial charge in [-0.1, -0.05) is 0 Å². The van der Waals surface area contributed by atoms with Gasteiger partial charge in [0.25, 0.3) is 0 Å². The maximum Gasteiger partial charge on any atom is 0.334 e. The number of carboxylic acids is 1. The summed E-state index contributed by atoms with van der Waals surface area (Å²) in [5, 5.41) is 9.02. The standard InChI is InChI=1S/C12H22N2O3/c1-2-17-11(12(15)16)9-13-5-7-14(8-6-13)10-3-4-10/h10-11H,2-9H2,1H3,(H,15,16). The molecule has 1 aliphatic heterocycles. The van der Waals surface area contributed by atoms with E-state index in [0.29, 0.717) is 13.2 Å². The summed E-state index contributed by atoms with van der Waals surface area (Å²) in [6, 6.07) is 0.819. The van der Waals surface area contributed by atoms with Crippen molar-refractivity contribution >= 4 is 5.97 Å². The maximum absolute atomic E-state index is 11.0. The van der Waals surface area contributed by atoms with Gasteiger partial charge in [0, 0.05) is 45.4 Å². The van der Waals surface area contributed by atoms with Gasteiger partial charge in [-0.15, -0.1) is 0 Å². The van der Waals surface area contributed by atoms with Gasteiger partial charge in [0.1, 0.15) is 0 Å². The molecule has 98 valence electrons. The van der Waals surface area contributed by atoms with Crippen molar-refractivity contribution in [1.82, 2.24) is 9.80 Å². The highest BCUT2D eigenvalue weighted by atomic mass is 16.5. The minimum Gasteiger partial charge on any atom is -0.479 e. The van der Waals surface area contributed by atoms with E-state index < -0.39 is 12.1 Å². The van der Waals surface area contributed by atoms with Crippen LogP contribution in [0, 0.1) is 0 Å². The largest absolute Gasteiger partial charge is 0.479 e. The highest BCUT2D eigenvalue weighted by molar-refractivity contribution is 5.72. The molecule has 2 rings (SSSR count). The number of hydrogen-bond donors (Lipinski definition) is 1. The van der Waals surface area contributed by atoms with Crippen LogP contribution < -0.4 is 0 Å². The van der Waals surface area contributed by atoms with E-state index in [4.69, 9.17) is 9.84 Å². The van der Waals surface area contributed by atoms with Crippen LogP contribution in [0.25, 0.3) is 0 Å². The lowest BCUT2D eigenvalue weighted by Gasteiger charge is -2.35. The van der Waals surface area contributed by atoms with Crippen molar-refractivity contribution in [1.29, 1.82) is 0 Å². The fourth-order valence-corrected chi connectivity index (χ4v) is 2.39. The van der Waals surface area contributed by atoms with E-state index in [0.717, 1.165) is 32.2 Å². The van der Waals surface area contributed by atoms with Crippen LogP contribution in [0.2, 0.25) is 0 Å². The predicted octanol–water partition coefficient (Wildman–Crippen LogP) is 0.256. The lowest BCUT2D eigenvalue weighted by Crippen LogP contribution is -2.50. The fraction of sp³-hybridized carbons (Fsp3) is 0.917. The van der Waals surface area contributed by atoms with Crippen molar-refractivity contribution in [3.05, 3.63) is 0 Å². The molecule has 0 radical (unpaired) electrons. The Morgan fingerprint density at radius 2 is 2.00 bits per heavy atom. The third-order valence-corrected chi connectivity index (χ3v) is 3.54. The van der Waals surface area contributed by atoms with E-state index in [1.165, 1.54) is 12.8 Å². The van der Waals surface area contributed by atoms with Crippen molar-refractivity contribution in [2.45, 2.75) is 31.9 Å². The summed E-state index contributed by atoms with van der Waals surface area (Å²) in [6.07, 6.45) is 2.01. The molecule has 17 heavy (non-hydrogen) atoms. The van der Waals surface area contributed by atoms with Crippen molar-refractivity contribution in [2.24, 2.45) is 0 Å². The quantitative estimate of drug-likeness (QED) is 0.724. The summed E-state index contributed by atoms with van der Waals surface area (Å²) < 4.78 is 5.24. The summed E-state index contributed by atoms with van der Waals surface area (Å²) in [5.41, 5.74) is 0. The highest BCUT2D eigenvalue weighted by Gasteiger charge is 2.32. The number of nitrogens with zero attached hydrogens (tertiary/aromatic N) is 2. The first kappa shape index (κ1) is 12.8. The lowest BCUT2D eigenvalue weighted by atomic mass is 10.2. The molecule has 1 N–H and O–H groups in total. The molecule has 0 aromatic rings. The predicted molar refractivity (Wildman–Crippen MR) is 64.1 cm³/mol. The minimum atomic E-state index is -0.850. The molecule has 1 atom stereocenters. The first-order valence-electron chi connectivity index (χ1n) is 6.51. The van der Waals surface area contributed by atoms with Gasteiger partial charge >= 0.3 is 5.97 Å². The summed E-state index contributed by atoms with van der Waals surface area (Å²) in [7, 11) is 0. The molecule has 5 nitrogen and oxygen atoms in total. The Kier molecular flexibility index (Phi) is 4.36. The lowest BCUT2D eigenvalue weighted by molar-refractivity contribution is -0.151. The molecule has 0 amide bonds. The van der Waals surface area contributed by atoms with E-state index in [-0.39, 0.29) is 0 Å². The SMILES string of the molecule is CCOC(CN1CCN(C2CC2)CC1)C(=O)O. The third-order valence-electron chi connectivity index (χ3n) is 3.54. The van der Waals surface area contributed by atoms with Crippen LogP contribution in [-0.4, -0.2) is 72.4 Å². The average molecular weight is 242 g/mol. The van der Waals surface area contributed by atoms with Crippen LogP contribution in [0.5, 0.6) is 0 Å². The van der Waals surface area contributed by atoms with Gasteiger partial charge in [-0.05, 0) is 19.8 Å². The van der Waals surface area contributed by atoms with E-state index >= 15 is 0 Å². The van der Waals surface area contributed by atoms with Gasteiger partial charge < -0.3 is 9.84 Å². The van der Waals surface area contributed by atoms with Crippen molar-refractivity contribution < 1.29 is 14.6 Å². The topological polar surface area (TPSA) is 53.0 Å². The Morgan fingerprint density at radius 3 is 2.47 bits per heavy atom. The molecule has 0 spiro atoms. The second-order valence-electron chi connectivity index (χ2n) is 4.85. The highest BCUT2D eigenvalue weighted by Crippen LogP contribution is 2.27. The molecule has 1 unspecified atom stereocenters. The van der Waals surface area contributed by atoms with Crippen LogP contribution >= 0.6 is 0 Å². The Hall–Kier alpha value is -0.650. The third kappa shape index (κ3) is 3.66. The second kappa shape index (κ2) is 5.80. The summed E-state index contributed by atoms with van der Waals surface area (Å²) in [6.45, 7) is 6.88. The van der Waals surface area contributed by atoms with E-state index in [9.17, 15) is 4.79 Å². The van der Waals surface area contributed by atoms with Gasteiger partial charge in [0.2, 0.25) is 0 Å². The first-order valence-corrected chi connectivity index (χ1v) is 6.51. The Morgan fingerprint density at radius 1 is 1.35 bits per heavy atom. The molecular formula is C12H22N2O3. The number of hydrogen-bond acceptors (Lipinski definition) is 4. The number of ether oxygens (including phenoxy) is 1. The molecule has 1 aliphatic carbocycles. The Labute approximate surface area is 102 Å². The maximum atomic E-state index is 11.0. The van der Waals surface area contributed by atoms with Crippen molar-refractivity contribution in [3.8, 4) is 0 Å². The zero-order valence-electron chi connectivity index (χ0n) is 10.5. The van der Waals surface area contributed by atoms with E-state index in [1.807, 2.05) is 6.92 Å². The van der Waals surface area contributed by atoms with Crippen LogP contribution in [0.3, 0.4) is 0 Å². The van der Waals surface area contributed by atoms with Crippen LogP contribution in [-0.2, 0) is 9.53 Å². The molecular weight excluding hydrogens is 220 g/mol. The number of rotatable bonds is 6. The second-order valence-corrected chi connectivity index (χ2v) is 4.85. The molecule has 1 saturated heterocycles. The molecule has 1 heterocycles. The smallest absolute Gasteiger partial charge is 0.334 e. The minimum absolute atomic E-state index is 0.457. The van der Waals surface area contributed by atoms with Crippen molar-refractivity contribution in [2.75, 3.05) is 39.3 Å². The molecule has 0 bridgehead atoms. The van der Waals surface area contributed by atoms with Crippen LogP contribution in [0.1, 0.15) is 19.8 Å². The summed E-state index contributed by atoms with van der Waals surface area (Å²) >= 11 is 0. The molecule has 0 aromatic carbocycles. The Bertz CT molecular complexity index is 260. The summed E-state index contributed by atoms with van der Waals surface area (Å²) in [5.74, 6) is -0.850. The Balaban J connectivity index is 1.73. The van der Waals surface area contributed by atoms with Gasteiger partial charge in [0.05, 0.1) is 0 Å². The van der Waals surface area contributed by atoms with Gasteiger partial charge in [-0.2, -0.15) is 0 Å². The average Bonchev–Trinajstić information content (AvgIpc) is 3.13. The number of carbonyl (C=O) groups is 1. The van der Waals surface area contributed by atoms with E-state index in [2.05, 4.69) is 9.80 Å². The van der Waals surface area contributed by atoms with Crippen molar-refractivity contribution in [3.63, 3.8) is 0 Å². The fourth-order valence-electron chi connectivity index (χ4n) is 2.39. The van der Waals surface area contributed by atoms with E-state index in [1.54, 1.807) is 0 Å². The summed E-state index contributed by atoms with van der Waals surface area (Å²) in [4.78, 5) is 15.7. The van der Waals surface area contributed by atoms with Crippen LogP contribution in [0.4, 0.5) is 0 Å². The van der Waals surface area contributed by atoms with Gasteiger partial charge in [-0.3, -0.25) is 9.80 Å². The molecule has 2 aliphatic rings. The molecule has 2 fully saturated rings.